The van der Waals surface area contributed by atoms with Crippen molar-refractivity contribution < 1.29 is 4.92 Å². The lowest BCUT2D eigenvalue weighted by Gasteiger charge is -2.29. The third kappa shape index (κ3) is 7.88. The van der Waals surface area contributed by atoms with Crippen LogP contribution >= 0.6 is 0 Å². The highest BCUT2D eigenvalue weighted by Gasteiger charge is 2.09. The molecule has 0 radical (unpaired) electrons. The Morgan fingerprint density at radius 2 is 1.63 bits per heavy atom. The van der Waals surface area contributed by atoms with Crippen molar-refractivity contribution in [2.45, 2.75) is 13.8 Å². The Labute approximate surface area is 161 Å². The Kier molecular flexibility index (Phi) is 8.26. The Morgan fingerprint density at radius 3 is 2.22 bits per heavy atom. The zero-order valence-corrected chi connectivity index (χ0v) is 16.0. The number of anilines is 1. The molecule has 2 rings (SSSR count). The molecule has 1 aliphatic heterocycles. The van der Waals surface area contributed by atoms with Gasteiger partial charge in [-0.1, -0.05) is 54.2 Å². The molecule has 5 heteroatoms. The van der Waals surface area contributed by atoms with E-state index < -0.39 is 4.92 Å². The zero-order valence-electron chi connectivity index (χ0n) is 16.0. The van der Waals surface area contributed by atoms with Crippen LogP contribution in [0.15, 0.2) is 78.1 Å². The summed E-state index contributed by atoms with van der Waals surface area (Å²) in [7, 11) is 0. The zero-order chi connectivity index (χ0) is 19.5. The number of hydrogen-bond donors (Lipinski definition) is 1. The first-order valence-electron chi connectivity index (χ1n) is 9.12. The molecule has 27 heavy (non-hydrogen) atoms. The molecule has 1 saturated heterocycles. The first kappa shape index (κ1) is 20.4. The molecular weight excluding hydrogens is 338 g/mol. The molecule has 142 valence electrons. The highest BCUT2D eigenvalue weighted by Crippen LogP contribution is 2.17. The van der Waals surface area contributed by atoms with Crippen molar-refractivity contribution in [1.82, 2.24) is 5.32 Å². The molecule has 0 unspecified atom stereocenters. The van der Waals surface area contributed by atoms with Gasteiger partial charge in [0.05, 0.1) is 4.92 Å². The number of rotatable bonds is 7. The van der Waals surface area contributed by atoms with E-state index in [2.05, 4.69) is 46.6 Å². The summed E-state index contributed by atoms with van der Waals surface area (Å²) in [6.45, 7) is 8.06. The van der Waals surface area contributed by atoms with Gasteiger partial charge < -0.3 is 10.2 Å². The number of hydrogen-bond acceptors (Lipinski definition) is 4. The maximum atomic E-state index is 10.3. The normalized spacial score (nSPS) is 16.7. The summed E-state index contributed by atoms with van der Waals surface area (Å²) in [5.74, 6) is 0. The molecule has 0 spiro atoms. The Bertz CT molecular complexity index is 765. The number of benzene rings is 1. The summed E-state index contributed by atoms with van der Waals surface area (Å²) in [5, 5.41) is 13.6. The summed E-state index contributed by atoms with van der Waals surface area (Å²) < 4.78 is 0. The predicted octanol–water partition coefficient (Wildman–Crippen LogP) is 4.35. The van der Waals surface area contributed by atoms with Crippen LogP contribution in [-0.2, 0) is 0 Å². The average Bonchev–Trinajstić information content (AvgIpc) is 2.69. The minimum atomic E-state index is -0.466. The van der Waals surface area contributed by atoms with Crippen LogP contribution in [0, 0.1) is 10.1 Å². The van der Waals surface area contributed by atoms with E-state index in [1.165, 1.54) is 17.3 Å². The fraction of sp³-hybridized carbons (Fsp3) is 0.273. The van der Waals surface area contributed by atoms with Crippen LogP contribution in [0.1, 0.15) is 19.4 Å². The Hall–Kier alpha value is -2.92. The van der Waals surface area contributed by atoms with Gasteiger partial charge in [-0.15, -0.1) is 0 Å². The molecule has 1 N–H and O–H groups in total. The summed E-state index contributed by atoms with van der Waals surface area (Å²) in [6.07, 6.45) is 14.2. The maximum absolute atomic E-state index is 10.3. The molecule has 0 aromatic heterocycles. The van der Waals surface area contributed by atoms with Gasteiger partial charge in [0.2, 0.25) is 6.20 Å². The minimum absolute atomic E-state index is 0.466. The third-order valence-corrected chi connectivity index (χ3v) is 4.20. The van der Waals surface area contributed by atoms with E-state index in [0.717, 1.165) is 43.5 Å². The van der Waals surface area contributed by atoms with Crippen LogP contribution < -0.4 is 10.2 Å². The van der Waals surface area contributed by atoms with Crippen LogP contribution in [0.5, 0.6) is 0 Å². The predicted molar refractivity (Wildman–Crippen MR) is 113 cm³/mol. The maximum Gasteiger partial charge on any atom is 0.234 e. The quantitative estimate of drug-likeness (QED) is 0.443. The van der Waals surface area contributed by atoms with E-state index in [9.17, 15) is 10.1 Å². The van der Waals surface area contributed by atoms with Gasteiger partial charge in [0.15, 0.2) is 0 Å². The second kappa shape index (κ2) is 10.9. The fourth-order valence-electron chi connectivity index (χ4n) is 2.65. The SMILES string of the molecule is CC(C=Cc1ccc(N2CCNCC2)cc1)=CC=CC=C(C)C=C[N+](=O)[O-]. The Balaban J connectivity index is 1.88. The molecule has 1 aromatic carbocycles. The molecule has 0 aliphatic carbocycles. The van der Waals surface area contributed by atoms with Gasteiger partial charge in [0, 0.05) is 37.9 Å². The van der Waals surface area contributed by atoms with E-state index in [1.807, 2.05) is 38.2 Å². The Morgan fingerprint density at radius 1 is 1.04 bits per heavy atom. The lowest BCUT2D eigenvalue weighted by Crippen LogP contribution is -2.43. The molecule has 1 heterocycles. The van der Waals surface area contributed by atoms with Gasteiger partial charge in [0.1, 0.15) is 0 Å². The van der Waals surface area contributed by atoms with Gasteiger partial charge in [-0.3, -0.25) is 10.1 Å². The smallest absolute Gasteiger partial charge is 0.234 e. The van der Waals surface area contributed by atoms with E-state index in [-0.39, 0.29) is 0 Å². The van der Waals surface area contributed by atoms with E-state index in [0.29, 0.717) is 0 Å². The molecule has 5 nitrogen and oxygen atoms in total. The standard InChI is InChI=1S/C22H27N3O2/c1-19(5-3-4-6-20(2)13-16-25(26)27)7-8-21-9-11-22(12-10-21)24-17-14-23-15-18-24/h3-13,16,23H,14-15,17-18H2,1-2H3. The van der Waals surface area contributed by atoms with Crippen LogP contribution in [0.4, 0.5) is 5.69 Å². The average molecular weight is 365 g/mol. The lowest BCUT2D eigenvalue weighted by molar-refractivity contribution is -0.402. The highest BCUT2D eigenvalue weighted by molar-refractivity contribution is 5.58. The number of nitro groups is 1. The van der Waals surface area contributed by atoms with Crippen molar-refractivity contribution in [3.63, 3.8) is 0 Å². The largest absolute Gasteiger partial charge is 0.369 e. The van der Waals surface area contributed by atoms with Gasteiger partial charge in [-0.05, 0) is 37.1 Å². The van der Waals surface area contributed by atoms with Crippen LogP contribution in [-0.4, -0.2) is 31.1 Å². The van der Waals surface area contributed by atoms with Crippen molar-refractivity contribution in [2.24, 2.45) is 0 Å². The summed E-state index contributed by atoms with van der Waals surface area (Å²) in [6, 6.07) is 8.64. The first-order valence-corrected chi connectivity index (χ1v) is 9.12. The monoisotopic (exact) mass is 365 g/mol. The van der Waals surface area contributed by atoms with E-state index in [4.69, 9.17) is 0 Å². The first-order chi connectivity index (χ1) is 13.0. The molecule has 0 amide bonds. The van der Waals surface area contributed by atoms with E-state index in [1.54, 1.807) is 0 Å². The van der Waals surface area contributed by atoms with Crippen LogP contribution in [0.25, 0.3) is 6.08 Å². The van der Waals surface area contributed by atoms with Crippen molar-refractivity contribution in [3.8, 4) is 0 Å². The number of nitrogens with one attached hydrogen (secondary N) is 1. The fourth-order valence-corrected chi connectivity index (χ4v) is 2.65. The minimum Gasteiger partial charge on any atom is -0.369 e. The van der Waals surface area contributed by atoms with Gasteiger partial charge in [-0.2, -0.15) is 0 Å². The molecule has 1 aliphatic rings. The third-order valence-electron chi connectivity index (χ3n) is 4.20. The lowest BCUT2D eigenvalue weighted by atomic mass is 10.1. The summed E-state index contributed by atoms with van der Waals surface area (Å²) in [4.78, 5) is 12.2. The van der Waals surface area contributed by atoms with Crippen molar-refractivity contribution in [2.75, 3.05) is 31.1 Å². The molecular formula is C22H27N3O2. The summed E-state index contributed by atoms with van der Waals surface area (Å²) in [5.41, 5.74) is 4.40. The molecule has 0 atom stereocenters. The van der Waals surface area contributed by atoms with Gasteiger partial charge in [0.25, 0.3) is 0 Å². The molecule has 1 aromatic rings. The second-order valence-electron chi connectivity index (χ2n) is 6.47. The van der Waals surface area contributed by atoms with Crippen molar-refractivity contribution in [1.29, 1.82) is 0 Å². The van der Waals surface area contributed by atoms with Crippen molar-refractivity contribution in [3.05, 3.63) is 93.7 Å². The molecule has 0 saturated carbocycles. The number of nitrogens with zero attached hydrogens (tertiary/aromatic N) is 2. The summed E-state index contributed by atoms with van der Waals surface area (Å²) >= 11 is 0. The van der Waals surface area contributed by atoms with Gasteiger partial charge in [-0.25, -0.2) is 0 Å². The number of allylic oxidation sites excluding steroid dienone is 8. The molecule has 1 fully saturated rings. The van der Waals surface area contributed by atoms with E-state index >= 15 is 0 Å². The van der Waals surface area contributed by atoms with Crippen LogP contribution in [0.2, 0.25) is 0 Å². The van der Waals surface area contributed by atoms with Crippen LogP contribution in [0.3, 0.4) is 0 Å². The van der Waals surface area contributed by atoms with Gasteiger partial charge >= 0.3 is 0 Å². The second-order valence-corrected chi connectivity index (χ2v) is 6.47. The van der Waals surface area contributed by atoms with Crippen molar-refractivity contribution >= 4 is 11.8 Å². The number of piperazine rings is 1. The topological polar surface area (TPSA) is 58.4 Å². The molecule has 0 bridgehead atoms. The highest BCUT2D eigenvalue weighted by atomic mass is 16.6.